The molecule has 1 aromatic heterocycles. The lowest BCUT2D eigenvalue weighted by Crippen LogP contribution is -2.36. The molecule has 3 nitrogen and oxygen atoms in total. The van der Waals surface area contributed by atoms with Crippen molar-refractivity contribution >= 4 is 0 Å². The van der Waals surface area contributed by atoms with Crippen LogP contribution < -0.4 is 9.30 Å². The highest BCUT2D eigenvalue weighted by Crippen LogP contribution is 2.26. The minimum Gasteiger partial charge on any atom is -0.500 e. The average molecular weight is 182 g/mol. The van der Waals surface area contributed by atoms with Gasteiger partial charge < -0.3 is 9.84 Å². The normalized spacial score (nSPS) is 10.1. The van der Waals surface area contributed by atoms with Gasteiger partial charge in [-0.2, -0.15) is 4.57 Å². The van der Waals surface area contributed by atoms with Gasteiger partial charge in [0.2, 0.25) is 11.4 Å². The molecule has 0 aliphatic heterocycles. The third-order valence-corrected chi connectivity index (χ3v) is 2.15. The number of hydrogen-bond donors (Lipinski definition) is 1. The third-order valence-electron chi connectivity index (χ3n) is 2.15. The molecular weight excluding hydrogens is 166 g/mol. The topological polar surface area (TPSA) is 33.3 Å². The molecule has 1 N–H and O–H groups in total. The molecule has 1 aromatic rings. The molecule has 1 heterocycles. The fraction of sp³-hybridized carbons (Fsp3) is 0.500. The first-order chi connectivity index (χ1) is 6.24. The zero-order chi connectivity index (χ0) is 9.84. The van der Waals surface area contributed by atoms with Crippen molar-refractivity contribution in [1.82, 2.24) is 0 Å². The molecule has 0 aliphatic rings. The van der Waals surface area contributed by atoms with E-state index in [0.717, 1.165) is 18.7 Å². The molecule has 0 saturated heterocycles. The lowest BCUT2D eigenvalue weighted by Gasteiger charge is -2.06. The Hall–Kier alpha value is -1.25. The number of rotatable bonds is 3. The van der Waals surface area contributed by atoms with Gasteiger partial charge >= 0.3 is 0 Å². The zero-order valence-electron chi connectivity index (χ0n) is 8.37. The minimum absolute atomic E-state index is 0.259. The molecule has 0 saturated carbocycles. The van der Waals surface area contributed by atoms with Gasteiger partial charge in [-0.15, -0.1) is 0 Å². The molecule has 0 radical (unpaired) electrons. The van der Waals surface area contributed by atoms with Crippen molar-refractivity contribution in [3.8, 4) is 11.5 Å². The Morgan fingerprint density at radius 1 is 1.46 bits per heavy atom. The predicted molar refractivity (Wildman–Crippen MR) is 49.9 cm³/mol. The van der Waals surface area contributed by atoms with E-state index in [4.69, 9.17) is 4.74 Å². The monoisotopic (exact) mass is 182 g/mol. The van der Waals surface area contributed by atoms with Gasteiger partial charge in [0.05, 0.1) is 7.11 Å². The first-order valence-corrected chi connectivity index (χ1v) is 4.52. The molecule has 0 fully saturated rings. The number of aromatic hydroxyl groups is 1. The van der Waals surface area contributed by atoms with Crippen molar-refractivity contribution in [2.75, 3.05) is 7.11 Å². The first-order valence-electron chi connectivity index (χ1n) is 4.52. The third kappa shape index (κ3) is 1.74. The van der Waals surface area contributed by atoms with E-state index in [2.05, 4.69) is 0 Å². The summed E-state index contributed by atoms with van der Waals surface area (Å²) in [5.74, 6) is 0.802. The molecule has 0 atom stereocenters. The molecule has 0 spiro atoms. The van der Waals surface area contributed by atoms with E-state index in [1.807, 2.05) is 24.6 Å². The van der Waals surface area contributed by atoms with Crippen molar-refractivity contribution in [3.63, 3.8) is 0 Å². The number of nitrogens with zero attached hydrogens (tertiary/aromatic N) is 1. The Bertz CT molecular complexity index is 297. The number of pyridine rings is 1. The summed E-state index contributed by atoms with van der Waals surface area (Å²) < 4.78 is 7.04. The van der Waals surface area contributed by atoms with Crippen molar-refractivity contribution in [1.29, 1.82) is 0 Å². The summed E-state index contributed by atoms with van der Waals surface area (Å²) in [6, 6.07) is 1.78. The maximum Gasteiger partial charge on any atom is 0.227 e. The predicted octanol–water partition coefficient (Wildman–Crippen LogP) is 1.27. The second-order valence-corrected chi connectivity index (χ2v) is 2.82. The van der Waals surface area contributed by atoms with Crippen LogP contribution in [0.5, 0.6) is 11.5 Å². The fourth-order valence-corrected chi connectivity index (χ4v) is 1.44. The molecule has 0 aromatic carbocycles. The quantitative estimate of drug-likeness (QED) is 0.714. The smallest absolute Gasteiger partial charge is 0.227 e. The van der Waals surface area contributed by atoms with Gasteiger partial charge in [-0.3, -0.25) is 0 Å². The number of ether oxygens (including phenoxy) is 1. The van der Waals surface area contributed by atoms with E-state index >= 15 is 0 Å². The van der Waals surface area contributed by atoms with Gasteiger partial charge in [-0.05, 0) is 6.92 Å². The summed E-state index contributed by atoms with van der Waals surface area (Å²) in [5.41, 5.74) is 0.918. The minimum atomic E-state index is 0.259. The SMILES string of the molecule is CCc1c(O)c(OC)cc[n+]1CC. The maximum atomic E-state index is 9.75. The summed E-state index contributed by atoms with van der Waals surface area (Å²) in [5, 5.41) is 9.75. The van der Waals surface area contributed by atoms with Gasteiger partial charge in [0.1, 0.15) is 6.54 Å². The fourth-order valence-electron chi connectivity index (χ4n) is 1.44. The highest BCUT2D eigenvalue weighted by Gasteiger charge is 2.16. The van der Waals surface area contributed by atoms with Gasteiger partial charge in [0.15, 0.2) is 11.9 Å². The molecule has 3 heteroatoms. The van der Waals surface area contributed by atoms with Crippen LogP contribution in [0.4, 0.5) is 0 Å². The van der Waals surface area contributed by atoms with Gasteiger partial charge in [0, 0.05) is 12.5 Å². The summed E-state index contributed by atoms with van der Waals surface area (Å²) in [7, 11) is 1.56. The van der Waals surface area contributed by atoms with Crippen LogP contribution in [-0.2, 0) is 13.0 Å². The molecule has 13 heavy (non-hydrogen) atoms. The molecule has 0 amide bonds. The van der Waals surface area contributed by atoms with Crippen LogP contribution in [0.2, 0.25) is 0 Å². The van der Waals surface area contributed by atoms with E-state index in [9.17, 15) is 5.11 Å². The zero-order valence-corrected chi connectivity index (χ0v) is 8.37. The van der Waals surface area contributed by atoms with Crippen LogP contribution in [0.1, 0.15) is 19.5 Å². The Labute approximate surface area is 78.6 Å². The van der Waals surface area contributed by atoms with Crippen molar-refractivity contribution in [2.45, 2.75) is 26.8 Å². The average Bonchev–Trinajstić information content (AvgIpc) is 2.17. The summed E-state index contributed by atoms with van der Waals surface area (Å²) in [4.78, 5) is 0. The van der Waals surface area contributed by atoms with Gasteiger partial charge in [-0.1, -0.05) is 6.92 Å². The van der Waals surface area contributed by atoms with Crippen LogP contribution >= 0.6 is 0 Å². The highest BCUT2D eigenvalue weighted by atomic mass is 16.5. The van der Waals surface area contributed by atoms with Crippen molar-refractivity contribution in [2.24, 2.45) is 0 Å². The lowest BCUT2D eigenvalue weighted by atomic mass is 10.2. The van der Waals surface area contributed by atoms with Crippen molar-refractivity contribution in [3.05, 3.63) is 18.0 Å². The van der Waals surface area contributed by atoms with E-state index in [1.165, 1.54) is 0 Å². The van der Waals surface area contributed by atoms with Crippen LogP contribution in [-0.4, -0.2) is 12.2 Å². The van der Waals surface area contributed by atoms with E-state index in [1.54, 1.807) is 13.2 Å². The number of methoxy groups -OCH3 is 1. The van der Waals surface area contributed by atoms with Crippen LogP contribution in [0.25, 0.3) is 0 Å². The Balaban J connectivity index is 3.23. The van der Waals surface area contributed by atoms with Crippen LogP contribution in [0.15, 0.2) is 12.3 Å². The molecule has 72 valence electrons. The van der Waals surface area contributed by atoms with E-state index in [0.29, 0.717) is 5.75 Å². The molecule has 1 rings (SSSR count). The Morgan fingerprint density at radius 3 is 2.62 bits per heavy atom. The summed E-state index contributed by atoms with van der Waals surface area (Å²) in [6.07, 6.45) is 2.73. The van der Waals surface area contributed by atoms with Crippen molar-refractivity contribution < 1.29 is 14.4 Å². The van der Waals surface area contributed by atoms with Crippen LogP contribution in [0, 0.1) is 0 Å². The molecule has 0 bridgehead atoms. The molecule has 0 unspecified atom stereocenters. The largest absolute Gasteiger partial charge is 0.500 e. The summed E-state index contributed by atoms with van der Waals surface area (Å²) in [6.45, 7) is 4.92. The highest BCUT2D eigenvalue weighted by molar-refractivity contribution is 5.38. The maximum absolute atomic E-state index is 9.75. The molecule has 0 aliphatic carbocycles. The second-order valence-electron chi connectivity index (χ2n) is 2.82. The summed E-state index contributed by atoms with van der Waals surface area (Å²) >= 11 is 0. The first kappa shape index (κ1) is 9.84. The Kier molecular flexibility index (Phi) is 3.12. The Morgan fingerprint density at radius 2 is 2.15 bits per heavy atom. The number of aryl methyl sites for hydroxylation is 1. The number of hydrogen-bond acceptors (Lipinski definition) is 2. The lowest BCUT2D eigenvalue weighted by molar-refractivity contribution is -0.701. The van der Waals surface area contributed by atoms with Gasteiger partial charge in [0.25, 0.3) is 0 Å². The standard InChI is InChI=1S/C10H15NO2/c1-4-8-10(12)9(13-3)6-7-11(8)5-2/h6-7H,4-5H2,1-3H3/p+1. The van der Waals surface area contributed by atoms with E-state index < -0.39 is 0 Å². The molecular formula is C10H16NO2+. The second kappa shape index (κ2) is 4.12. The van der Waals surface area contributed by atoms with Crippen LogP contribution in [0.3, 0.4) is 0 Å². The number of aromatic nitrogens is 1. The van der Waals surface area contributed by atoms with Gasteiger partial charge in [-0.25, -0.2) is 0 Å². The van der Waals surface area contributed by atoms with E-state index in [-0.39, 0.29) is 5.75 Å².